The third-order valence-electron chi connectivity index (χ3n) is 4.92. The highest BCUT2D eigenvalue weighted by atomic mass is 16.5. The van der Waals surface area contributed by atoms with Gasteiger partial charge in [-0.2, -0.15) is 15.5 Å². The van der Waals surface area contributed by atoms with Gasteiger partial charge >= 0.3 is 5.97 Å². The Morgan fingerprint density at radius 3 is 2.47 bits per heavy atom. The van der Waals surface area contributed by atoms with Gasteiger partial charge in [0.15, 0.2) is 18.2 Å². The standard InChI is InChI=1S/C24H21N7O3/c1-16(2)22-19(14-28-31(22)20-10-6-7-11-26-20)24(33)34-15-21(32)29-23-17(12-25)13-27-30(23)18-8-4-3-5-9-18/h3-11,13-14,16H,15H2,1-2H3,(H,29,32). The van der Waals surface area contributed by atoms with Crippen LogP contribution in [0.5, 0.6) is 0 Å². The van der Waals surface area contributed by atoms with Crippen molar-refractivity contribution in [2.24, 2.45) is 0 Å². The lowest BCUT2D eigenvalue weighted by Gasteiger charge is -2.12. The number of benzene rings is 1. The smallest absolute Gasteiger partial charge is 0.342 e. The Labute approximate surface area is 195 Å². The lowest BCUT2D eigenvalue weighted by atomic mass is 10.1. The van der Waals surface area contributed by atoms with Crippen molar-refractivity contribution in [2.75, 3.05) is 11.9 Å². The van der Waals surface area contributed by atoms with E-state index in [2.05, 4.69) is 20.5 Å². The van der Waals surface area contributed by atoms with Crippen LogP contribution in [0.1, 0.15) is 41.4 Å². The van der Waals surface area contributed by atoms with Crippen molar-refractivity contribution in [1.29, 1.82) is 5.26 Å². The van der Waals surface area contributed by atoms with Gasteiger partial charge in [0.25, 0.3) is 5.91 Å². The number of anilines is 1. The Morgan fingerprint density at radius 2 is 1.79 bits per heavy atom. The Morgan fingerprint density at radius 1 is 1.06 bits per heavy atom. The molecule has 0 bridgehead atoms. The molecule has 0 aliphatic carbocycles. The van der Waals surface area contributed by atoms with Gasteiger partial charge in [-0.3, -0.25) is 4.79 Å². The topological polar surface area (TPSA) is 128 Å². The van der Waals surface area contributed by atoms with E-state index in [0.717, 1.165) is 0 Å². The van der Waals surface area contributed by atoms with E-state index in [-0.39, 0.29) is 22.9 Å². The van der Waals surface area contributed by atoms with Gasteiger partial charge in [0.1, 0.15) is 17.2 Å². The highest BCUT2D eigenvalue weighted by Gasteiger charge is 2.23. The van der Waals surface area contributed by atoms with E-state index in [1.54, 1.807) is 35.1 Å². The molecular weight excluding hydrogens is 434 g/mol. The average molecular weight is 455 g/mol. The monoisotopic (exact) mass is 455 g/mol. The van der Waals surface area contributed by atoms with Crippen LogP contribution in [0.15, 0.2) is 67.1 Å². The molecule has 4 rings (SSSR count). The summed E-state index contributed by atoms with van der Waals surface area (Å²) in [7, 11) is 0. The second kappa shape index (κ2) is 9.79. The van der Waals surface area contributed by atoms with E-state index in [0.29, 0.717) is 17.2 Å². The van der Waals surface area contributed by atoms with Gasteiger partial charge in [-0.05, 0) is 30.2 Å². The van der Waals surface area contributed by atoms with Crippen molar-refractivity contribution in [3.8, 4) is 17.6 Å². The number of hydrogen-bond donors (Lipinski definition) is 1. The predicted octanol–water partition coefficient (Wildman–Crippen LogP) is 3.24. The summed E-state index contributed by atoms with van der Waals surface area (Å²) in [6, 6.07) is 16.4. The number of pyridine rings is 1. The average Bonchev–Trinajstić information content (AvgIpc) is 3.48. The van der Waals surface area contributed by atoms with Gasteiger partial charge in [0, 0.05) is 6.20 Å². The maximum Gasteiger partial charge on any atom is 0.342 e. The Balaban J connectivity index is 1.49. The van der Waals surface area contributed by atoms with Gasteiger partial charge < -0.3 is 10.1 Å². The van der Waals surface area contributed by atoms with E-state index in [4.69, 9.17) is 4.74 Å². The number of nitrogens with one attached hydrogen (secondary N) is 1. The van der Waals surface area contributed by atoms with Crippen molar-refractivity contribution < 1.29 is 14.3 Å². The summed E-state index contributed by atoms with van der Waals surface area (Å²) in [4.78, 5) is 29.6. The van der Waals surface area contributed by atoms with E-state index < -0.39 is 18.5 Å². The van der Waals surface area contributed by atoms with E-state index >= 15 is 0 Å². The van der Waals surface area contributed by atoms with Crippen LogP contribution in [0.3, 0.4) is 0 Å². The number of amides is 1. The minimum absolute atomic E-state index is 0.0562. The number of nitrogens with zero attached hydrogens (tertiary/aromatic N) is 6. The summed E-state index contributed by atoms with van der Waals surface area (Å²) in [6.45, 7) is 3.30. The van der Waals surface area contributed by atoms with Crippen molar-refractivity contribution in [3.05, 3.63) is 83.9 Å². The molecule has 10 heteroatoms. The van der Waals surface area contributed by atoms with E-state index in [1.807, 2.05) is 44.2 Å². The molecule has 4 aromatic rings. The summed E-state index contributed by atoms with van der Waals surface area (Å²) < 4.78 is 8.28. The molecule has 34 heavy (non-hydrogen) atoms. The molecule has 0 unspecified atom stereocenters. The van der Waals surface area contributed by atoms with Crippen LogP contribution in [-0.4, -0.2) is 43.0 Å². The fourth-order valence-corrected chi connectivity index (χ4v) is 3.42. The van der Waals surface area contributed by atoms with Gasteiger partial charge in [0.2, 0.25) is 0 Å². The number of esters is 1. The number of ether oxygens (including phenoxy) is 1. The Hall–Kier alpha value is -4.78. The zero-order valence-corrected chi connectivity index (χ0v) is 18.5. The van der Waals surface area contributed by atoms with E-state index in [9.17, 15) is 14.9 Å². The highest BCUT2D eigenvalue weighted by Crippen LogP contribution is 2.23. The van der Waals surface area contributed by atoms with E-state index in [1.165, 1.54) is 17.1 Å². The zero-order valence-electron chi connectivity index (χ0n) is 18.5. The molecule has 0 fully saturated rings. The van der Waals surface area contributed by atoms with Crippen molar-refractivity contribution >= 4 is 17.7 Å². The summed E-state index contributed by atoms with van der Waals surface area (Å²) in [6.07, 6.45) is 4.40. The minimum Gasteiger partial charge on any atom is -0.452 e. The van der Waals surface area contributed by atoms with Crippen LogP contribution in [-0.2, 0) is 9.53 Å². The third kappa shape index (κ3) is 4.54. The molecule has 0 saturated heterocycles. The van der Waals surface area contributed by atoms with Crippen LogP contribution in [0.2, 0.25) is 0 Å². The quantitative estimate of drug-likeness (QED) is 0.424. The first kappa shape index (κ1) is 22.4. The van der Waals surface area contributed by atoms with Crippen LogP contribution < -0.4 is 5.32 Å². The number of hydrogen-bond acceptors (Lipinski definition) is 7. The van der Waals surface area contributed by atoms with Gasteiger partial charge in [-0.25, -0.2) is 19.1 Å². The molecule has 170 valence electrons. The lowest BCUT2D eigenvalue weighted by molar-refractivity contribution is -0.119. The number of carbonyl (C=O) groups is 2. The van der Waals surface area contributed by atoms with Gasteiger partial charge in [-0.1, -0.05) is 38.1 Å². The number of nitriles is 1. The fraction of sp³-hybridized carbons (Fsp3) is 0.167. The first-order chi connectivity index (χ1) is 16.5. The largest absolute Gasteiger partial charge is 0.452 e. The number of carbonyl (C=O) groups excluding carboxylic acids is 2. The molecule has 1 N–H and O–H groups in total. The second-order valence-corrected chi connectivity index (χ2v) is 7.59. The first-order valence-electron chi connectivity index (χ1n) is 10.5. The zero-order chi connectivity index (χ0) is 24.1. The lowest BCUT2D eigenvalue weighted by Crippen LogP contribution is -2.23. The highest BCUT2D eigenvalue weighted by molar-refractivity contribution is 5.96. The summed E-state index contributed by atoms with van der Waals surface area (Å²) >= 11 is 0. The van der Waals surface area contributed by atoms with Crippen molar-refractivity contribution in [3.63, 3.8) is 0 Å². The molecule has 10 nitrogen and oxygen atoms in total. The number of rotatable bonds is 7. The van der Waals surface area contributed by atoms with Crippen LogP contribution in [0, 0.1) is 11.3 Å². The molecule has 0 saturated carbocycles. The summed E-state index contributed by atoms with van der Waals surface area (Å²) in [5.74, 6) is -0.579. The molecule has 0 radical (unpaired) electrons. The molecule has 0 atom stereocenters. The Bertz CT molecular complexity index is 1350. The number of para-hydroxylation sites is 1. The Kier molecular flexibility index (Phi) is 6.45. The molecule has 1 aromatic carbocycles. The molecule has 1 amide bonds. The molecule has 0 aliphatic heterocycles. The van der Waals surface area contributed by atoms with Crippen molar-refractivity contribution in [2.45, 2.75) is 19.8 Å². The summed E-state index contributed by atoms with van der Waals surface area (Å²) in [5, 5.41) is 20.5. The predicted molar refractivity (Wildman–Crippen MR) is 123 cm³/mol. The van der Waals surface area contributed by atoms with Crippen LogP contribution in [0.25, 0.3) is 11.5 Å². The third-order valence-corrected chi connectivity index (χ3v) is 4.92. The normalized spacial score (nSPS) is 10.6. The SMILES string of the molecule is CC(C)c1c(C(=O)OCC(=O)Nc2c(C#N)cnn2-c2ccccc2)cnn1-c1ccccn1. The second-order valence-electron chi connectivity index (χ2n) is 7.59. The van der Waals surface area contributed by atoms with Crippen LogP contribution >= 0.6 is 0 Å². The van der Waals surface area contributed by atoms with Gasteiger partial charge in [-0.15, -0.1) is 0 Å². The molecule has 3 aromatic heterocycles. The molecular formula is C24H21N7O3. The fourth-order valence-electron chi connectivity index (χ4n) is 3.42. The molecule has 0 spiro atoms. The maximum absolute atomic E-state index is 12.8. The minimum atomic E-state index is -0.682. The van der Waals surface area contributed by atoms with Gasteiger partial charge in [0.05, 0.1) is 23.8 Å². The maximum atomic E-state index is 12.8. The first-order valence-corrected chi connectivity index (χ1v) is 10.5. The summed E-state index contributed by atoms with van der Waals surface area (Å²) in [5.41, 5.74) is 1.72. The molecule has 0 aliphatic rings. The number of aromatic nitrogens is 5. The molecule has 3 heterocycles. The van der Waals surface area contributed by atoms with Crippen molar-refractivity contribution in [1.82, 2.24) is 24.5 Å². The van der Waals surface area contributed by atoms with Crippen LogP contribution in [0.4, 0.5) is 5.82 Å².